The van der Waals surface area contributed by atoms with Crippen LogP contribution in [0.25, 0.3) is 11.0 Å². The number of H-pyrrole nitrogens is 1. The zero-order valence-electron chi connectivity index (χ0n) is 11.1. The summed E-state index contributed by atoms with van der Waals surface area (Å²) >= 11 is 0. The van der Waals surface area contributed by atoms with Gasteiger partial charge in [-0.2, -0.15) is 0 Å². The van der Waals surface area contributed by atoms with Crippen LogP contribution in [-0.2, 0) is 6.42 Å². The Hall–Kier alpha value is -1.42. The van der Waals surface area contributed by atoms with E-state index < -0.39 is 0 Å². The number of fused-ring (bicyclic) bond motifs is 1. The first-order valence-corrected chi connectivity index (χ1v) is 6.83. The number of nitrogens with one attached hydrogen (secondary N) is 2. The van der Waals surface area contributed by atoms with E-state index in [0.717, 1.165) is 29.8 Å². The van der Waals surface area contributed by atoms with Crippen LogP contribution in [0.15, 0.2) is 18.5 Å². The standard InChI is InChI=1S/C14H22N4/c1-15-9-6-4-2-3-5-7-14-17-12-8-10-16-11-13(12)18-14/h8,10-11,15H,2-7,9H2,1H3,(H,17,18). The molecule has 0 amide bonds. The molecule has 2 heterocycles. The van der Waals surface area contributed by atoms with Crippen molar-refractivity contribution in [3.63, 3.8) is 0 Å². The van der Waals surface area contributed by atoms with E-state index in [4.69, 9.17) is 0 Å². The second-order valence-corrected chi connectivity index (χ2v) is 4.70. The van der Waals surface area contributed by atoms with E-state index in [2.05, 4.69) is 20.3 Å². The molecule has 2 aromatic heterocycles. The molecule has 0 radical (unpaired) electrons. The highest BCUT2D eigenvalue weighted by Gasteiger charge is 2.01. The second kappa shape index (κ2) is 7.11. The number of imidazole rings is 1. The molecular formula is C14H22N4. The number of hydrogen-bond acceptors (Lipinski definition) is 3. The maximum Gasteiger partial charge on any atom is 0.107 e. The predicted molar refractivity (Wildman–Crippen MR) is 74.6 cm³/mol. The number of nitrogens with zero attached hydrogens (tertiary/aromatic N) is 2. The molecule has 0 fully saturated rings. The van der Waals surface area contributed by atoms with E-state index in [-0.39, 0.29) is 0 Å². The lowest BCUT2D eigenvalue weighted by Gasteiger charge is -2.00. The van der Waals surface area contributed by atoms with Crippen LogP contribution in [0.5, 0.6) is 0 Å². The molecule has 4 heteroatoms. The Labute approximate surface area is 108 Å². The third-order valence-electron chi connectivity index (χ3n) is 3.17. The van der Waals surface area contributed by atoms with Crippen LogP contribution in [0, 0.1) is 0 Å². The van der Waals surface area contributed by atoms with Crippen molar-refractivity contribution in [3.05, 3.63) is 24.3 Å². The molecule has 98 valence electrons. The van der Waals surface area contributed by atoms with Crippen LogP contribution in [-0.4, -0.2) is 28.5 Å². The van der Waals surface area contributed by atoms with Gasteiger partial charge in [0, 0.05) is 12.6 Å². The van der Waals surface area contributed by atoms with Crippen molar-refractivity contribution in [2.75, 3.05) is 13.6 Å². The molecular weight excluding hydrogens is 224 g/mol. The van der Waals surface area contributed by atoms with E-state index >= 15 is 0 Å². The van der Waals surface area contributed by atoms with Crippen LogP contribution in [0.1, 0.15) is 37.9 Å². The summed E-state index contributed by atoms with van der Waals surface area (Å²) in [5, 5.41) is 3.18. The first-order valence-electron chi connectivity index (χ1n) is 6.83. The molecule has 0 aliphatic rings. The third-order valence-corrected chi connectivity index (χ3v) is 3.17. The first-order chi connectivity index (χ1) is 8.90. The van der Waals surface area contributed by atoms with Crippen LogP contribution in [0.4, 0.5) is 0 Å². The van der Waals surface area contributed by atoms with Gasteiger partial charge in [-0.05, 0) is 32.5 Å². The van der Waals surface area contributed by atoms with Gasteiger partial charge in [-0.15, -0.1) is 0 Å². The Kier molecular flexibility index (Phi) is 5.15. The van der Waals surface area contributed by atoms with Gasteiger partial charge in [0.25, 0.3) is 0 Å². The molecule has 4 nitrogen and oxygen atoms in total. The summed E-state index contributed by atoms with van der Waals surface area (Å²) in [6.07, 6.45) is 11.1. The Morgan fingerprint density at radius 2 is 2.00 bits per heavy atom. The van der Waals surface area contributed by atoms with E-state index in [0.29, 0.717) is 0 Å². The fraction of sp³-hybridized carbons (Fsp3) is 0.571. The average molecular weight is 246 g/mol. The fourth-order valence-electron chi connectivity index (χ4n) is 2.15. The topological polar surface area (TPSA) is 53.6 Å². The highest BCUT2D eigenvalue weighted by Crippen LogP contribution is 2.11. The maximum absolute atomic E-state index is 4.53. The van der Waals surface area contributed by atoms with Gasteiger partial charge >= 0.3 is 0 Å². The highest BCUT2D eigenvalue weighted by molar-refractivity contribution is 5.73. The van der Waals surface area contributed by atoms with Gasteiger partial charge in [-0.25, -0.2) is 4.98 Å². The van der Waals surface area contributed by atoms with Crippen LogP contribution >= 0.6 is 0 Å². The van der Waals surface area contributed by atoms with E-state index in [9.17, 15) is 0 Å². The van der Waals surface area contributed by atoms with Crippen LogP contribution in [0.2, 0.25) is 0 Å². The minimum absolute atomic E-state index is 0.974. The summed E-state index contributed by atoms with van der Waals surface area (Å²) in [5.41, 5.74) is 2.07. The average Bonchev–Trinajstić information content (AvgIpc) is 2.80. The van der Waals surface area contributed by atoms with Crippen molar-refractivity contribution in [2.45, 2.75) is 38.5 Å². The van der Waals surface area contributed by atoms with Gasteiger partial charge in [-0.3, -0.25) is 4.98 Å². The number of rotatable bonds is 8. The molecule has 0 saturated carbocycles. The molecule has 0 bridgehead atoms. The zero-order valence-corrected chi connectivity index (χ0v) is 11.1. The van der Waals surface area contributed by atoms with Crippen LogP contribution in [0.3, 0.4) is 0 Å². The zero-order chi connectivity index (χ0) is 12.6. The molecule has 2 rings (SSSR count). The molecule has 0 unspecified atom stereocenters. The SMILES string of the molecule is CNCCCCCCCc1nc2cnccc2[nH]1. The lowest BCUT2D eigenvalue weighted by Crippen LogP contribution is -2.06. The molecule has 0 aromatic carbocycles. The van der Waals surface area contributed by atoms with E-state index in [1.807, 2.05) is 19.3 Å². The van der Waals surface area contributed by atoms with Crippen molar-refractivity contribution in [1.29, 1.82) is 0 Å². The van der Waals surface area contributed by atoms with Crippen LogP contribution < -0.4 is 5.32 Å². The summed E-state index contributed by atoms with van der Waals surface area (Å²) < 4.78 is 0. The van der Waals surface area contributed by atoms with Gasteiger partial charge < -0.3 is 10.3 Å². The molecule has 0 aliphatic heterocycles. The summed E-state index contributed by atoms with van der Waals surface area (Å²) in [6, 6.07) is 1.98. The number of unbranched alkanes of at least 4 members (excludes halogenated alkanes) is 4. The Balaban J connectivity index is 1.67. The van der Waals surface area contributed by atoms with Gasteiger partial charge in [0.05, 0.1) is 11.7 Å². The first kappa shape index (κ1) is 13.0. The molecule has 0 spiro atoms. The lowest BCUT2D eigenvalue weighted by molar-refractivity contribution is 0.593. The summed E-state index contributed by atoms with van der Waals surface area (Å²) in [5.74, 6) is 1.09. The van der Waals surface area contributed by atoms with Crippen molar-refractivity contribution in [3.8, 4) is 0 Å². The van der Waals surface area contributed by atoms with Crippen molar-refractivity contribution in [1.82, 2.24) is 20.3 Å². The Morgan fingerprint density at radius 1 is 1.17 bits per heavy atom. The maximum atomic E-state index is 4.53. The molecule has 0 aliphatic carbocycles. The Morgan fingerprint density at radius 3 is 2.83 bits per heavy atom. The number of aromatic nitrogens is 3. The molecule has 2 N–H and O–H groups in total. The van der Waals surface area contributed by atoms with Gasteiger partial charge in [0.2, 0.25) is 0 Å². The summed E-state index contributed by atoms with van der Waals surface area (Å²) in [6.45, 7) is 1.14. The number of aromatic amines is 1. The van der Waals surface area contributed by atoms with Crippen molar-refractivity contribution in [2.24, 2.45) is 0 Å². The third kappa shape index (κ3) is 3.81. The minimum Gasteiger partial charge on any atom is -0.342 e. The normalized spacial score (nSPS) is 11.2. The monoisotopic (exact) mass is 246 g/mol. The summed E-state index contributed by atoms with van der Waals surface area (Å²) in [4.78, 5) is 12.0. The molecule has 18 heavy (non-hydrogen) atoms. The molecule has 2 aromatic rings. The number of aryl methyl sites for hydroxylation is 1. The van der Waals surface area contributed by atoms with Gasteiger partial charge in [-0.1, -0.05) is 19.3 Å². The number of hydrogen-bond donors (Lipinski definition) is 2. The lowest BCUT2D eigenvalue weighted by atomic mass is 10.1. The predicted octanol–water partition coefficient (Wildman–Crippen LogP) is 2.67. The summed E-state index contributed by atoms with van der Waals surface area (Å²) in [7, 11) is 2.01. The van der Waals surface area contributed by atoms with Gasteiger partial charge in [0.15, 0.2) is 0 Å². The Bertz CT molecular complexity index is 431. The quantitative estimate of drug-likeness (QED) is 0.704. The highest BCUT2D eigenvalue weighted by atomic mass is 14.9. The van der Waals surface area contributed by atoms with E-state index in [1.165, 1.54) is 32.1 Å². The number of pyridine rings is 1. The fourth-order valence-corrected chi connectivity index (χ4v) is 2.15. The second-order valence-electron chi connectivity index (χ2n) is 4.70. The van der Waals surface area contributed by atoms with Crippen molar-refractivity contribution >= 4 is 11.0 Å². The smallest absolute Gasteiger partial charge is 0.107 e. The molecule has 0 saturated heterocycles. The minimum atomic E-state index is 0.974. The van der Waals surface area contributed by atoms with Crippen molar-refractivity contribution < 1.29 is 0 Å². The largest absolute Gasteiger partial charge is 0.342 e. The van der Waals surface area contributed by atoms with Gasteiger partial charge in [0.1, 0.15) is 11.3 Å². The van der Waals surface area contributed by atoms with E-state index in [1.54, 1.807) is 6.20 Å². The molecule has 0 atom stereocenters.